The molecule has 1 aliphatic rings. The van der Waals surface area contributed by atoms with Crippen LogP contribution in [-0.4, -0.2) is 11.8 Å². The lowest BCUT2D eigenvalue weighted by Gasteiger charge is -2.11. The maximum absolute atomic E-state index is 12.2. The first kappa shape index (κ1) is 16.2. The molecule has 2 aromatic rings. The average molecular weight is 322 g/mol. The lowest BCUT2D eigenvalue weighted by molar-refractivity contribution is -0.119. The van der Waals surface area contributed by atoms with E-state index < -0.39 is 0 Å². The van der Waals surface area contributed by atoms with Gasteiger partial charge in [-0.2, -0.15) is 0 Å². The van der Waals surface area contributed by atoms with Crippen LogP contribution >= 0.6 is 0 Å². The zero-order valence-electron chi connectivity index (χ0n) is 13.8. The largest absolute Gasteiger partial charge is 0.326 e. The van der Waals surface area contributed by atoms with Crippen LogP contribution in [0.1, 0.15) is 41.6 Å². The molecule has 1 saturated carbocycles. The van der Waals surface area contributed by atoms with E-state index in [0.29, 0.717) is 11.3 Å². The van der Waals surface area contributed by atoms with Gasteiger partial charge < -0.3 is 10.6 Å². The number of carbonyl (C=O) groups excluding carboxylic acids is 2. The first-order chi connectivity index (χ1) is 11.6. The van der Waals surface area contributed by atoms with Gasteiger partial charge in [0.25, 0.3) is 5.91 Å². The Kier molecular flexibility index (Phi) is 4.94. The SMILES string of the molecule is Cc1cccc(C(=O)Nc2ccc(NC(=O)C3CCCC3)cc2)c1. The van der Waals surface area contributed by atoms with Crippen molar-refractivity contribution in [1.82, 2.24) is 0 Å². The van der Waals surface area contributed by atoms with E-state index in [1.165, 1.54) is 0 Å². The Bertz CT molecular complexity index is 732. The van der Waals surface area contributed by atoms with Crippen LogP contribution < -0.4 is 10.6 Å². The Hall–Kier alpha value is -2.62. The van der Waals surface area contributed by atoms with E-state index >= 15 is 0 Å². The predicted octanol–water partition coefficient (Wildman–Crippen LogP) is 4.38. The molecule has 0 unspecified atom stereocenters. The Morgan fingerprint density at radius 1 is 0.917 bits per heavy atom. The molecule has 2 aromatic carbocycles. The molecule has 2 amide bonds. The molecule has 0 saturated heterocycles. The normalized spacial score (nSPS) is 14.4. The van der Waals surface area contributed by atoms with Crippen molar-refractivity contribution in [3.8, 4) is 0 Å². The summed E-state index contributed by atoms with van der Waals surface area (Å²) in [6.45, 7) is 1.96. The number of rotatable bonds is 4. The molecule has 2 N–H and O–H groups in total. The Morgan fingerprint density at radius 3 is 2.17 bits per heavy atom. The second kappa shape index (κ2) is 7.30. The van der Waals surface area contributed by atoms with E-state index in [9.17, 15) is 9.59 Å². The van der Waals surface area contributed by atoms with Crippen LogP contribution in [0.15, 0.2) is 48.5 Å². The van der Waals surface area contributed by atoms with Crippen molar-refractivity contribution in [3.05, 3.63) is 59.7 Å². The van der Waals surface area contributed by atoms with Gasteiger partial charge in [-0.15, -0.1) is 0 Å². The molecule has 4 heteroatoms. The molecular weight excluding hydrogens is 300 g/mol. The Labute approximate surface area is 142 Å². The summed E-state index contributed by atoms with van der Waals surface area (Å²) in [5.74, 6) is 0.108. The van der Waals surface area contributed by atoms with E-state index in [-0.39, 0.29) is 17.7 Å². The first-order valence-corrected chi connectivity index (χ1v) is 8.41. The number of benzene rings is 2. The molecule has 4 nitrogen and oxygen atoms in total. The molecule has 0 spiro atoms. The van der Waals surface area contributed by atoms with Gasteiger partial charge in [-0.25, -0.2) is 0 Å². The summed E-state index contributed by atoms with van der Waals surface area (Å²) < 4.78 is 0. The molecule has 0 heterocycles. The number of hydrogen-bond donors (Lipinski definition) is 2. The molecule has 0 aliphatic heterocycles. The Morgan fingerprint density at radius 2 is 1.54 bits per heavy atom. The van der Waals surface area contributed by atoms with Crippen LogP contribution in [0.2, 0.25) is 0 Å². The van der Waals surface area contributed by atoms with E-state index in [0.717, 1.165) is 36.9 Å². The molecule has 0 atom stereocenters. The lowest BCUT2D eigenvalue weighted by atomic mass is 10.1. The summed E-state index contributed by atoms with van der Waals surface area (Å²) >= 11 is 0. The van der Waals surface area contributed by atoms with Gasteiger partial charge in [0.05, 0.1) is 0 Å². The lowest BCUT2D eigenvalue weighted by Crippen LogP contribution is -2.20. The number of anilines is 2. The highest BCUT2D eigenvalue weighted by Crippen LogP contribution is 2.26. The molecule has 124 valence electrons. The van der Waals surface area contributed by atoms with Gasteiger partial charge >= 0.3 is 0 Å². The minimum atomic E-state index is -0.138. The van der Waals surface area contributed by atoms with E-state index in [1.807, 2.05) is 37.3 Å². The first-order valence-electron chi connectivity index (χ1n) is 8.41. The molecule has 3 rings (SSSR count). The van der Waals surface area contributed by atoms with Crippen LogP contribution in [0.5, 0.6) is 0 Å². The van der Waals surface area contributed by atoms with Crippen molar-refractivity contribution < 1.29 is 9.59 Å². The predicted molar refractivity (Wildman–Crippen MR) is 96.2 cm³/mol. The minimum absolute atomic E-state index is 0.101. The molecule has 0 radical (unpaired) electrons. The zero-order chi connectivity index (χ0) is 16.9. The van der Waals surface area contributed by atoms with Crippen molar-refractivity contribution in [1.29, 1.82) is 0 Å². The summed E-state index contributed by atoms with van der Waals surface area (Å²) in [6, 6.07) is 14.7. The fourth-order valence-corrected chi connectivity index (χ4v) is 3.06. The quantitative estimate of drug-likeness (QED) is 0.878. The van der Waals surface area contributed by atoms with Crippen molar-refractivity contribution in [2.24, 2.45) is 5.92 Å². The smallest absolute Gasteiger partial charge is 0.255 e. The fourth-order valence-electron chi connectivity index (χ4n) is 3.06. The van der Waals surface area contributed by atoms with Crippen molar-refractivity contribution in [3.63, 3.8) is 0 Å². The molecule has 1 aliphatic carbocycles. The van der Waals surface area contributed by atoms with Crippen LogP contribution in [-0.2, 0) is 4.79 Å². The van der Waals surface area contributed by atoms with Gasteiger partial charge in [0, 0.05) is 22.9 Å². The summed E-state index contributed by atoms with van der Waals surface area (Å²) in [5.41, 5.74) is 3.15. The molecule has 0 aromatic heterocycles. The van der Waals surface area contributed by atoms with Gasteiger partial charge in [0.15, 0.2) is 0 Å². The van der Waals surface area contributed by atoms with Gasteiger partial charge in [0.1, 0.15) is 0 Å². The van der Waals surface area contributed by atoms with Crippen molar-refractivity contribution >= 4 is 23.2 Å². The van der Waals surface area contributed by atoms with Crippen LogP contribution in [0.3, 0.4) is 0 Å². The maximum Gasteiger partial charge on any atom is 0.255 e. The zero-order valence-corrected chi connectivity index (χ0v) is 13.8. The topological polar surface area (TPSA) is 58.2 Å². The third kappa shape index (κ3) is 4.02. The van der Waals surface area contributed by atoms with E-state index in [4.69, 9.17) is 0 Å². The highest BCUT2D eigenvalue weighted by atomic mass is 16.2. The summed E-state index contributed by atoms with van der Waals surface area (Å²) in [4.78, 5) is 24.3. The van der Waals surface area contributed by atoms with Crippen LogP contribution in [0, 0.1) is 12.8 Å². The van der Waals surface area contributed by atoms with Crippen molar-refractivity contribution in [2.75, 3.05) is 10.6 Å². The third-order valence-corrected chi connectivity index (χ3v) is 4.42. The molecular formula is C20H22N2O2. The molecule has 1 fully saturated rings. The number of carbonyl (C=O) groups is 2. The summed E-state index contributed by atoms with van der Waals surface area (Å²) in [5, 5.41) is 5.82. The second-order valence-electron chi connectivity index (χ2n) is 6.37. The van der Waals surface area contributed by atoms with Gasteiger partial charge in [-0.05, 0) is 56.2 Å². The molecule has 24 heavy (non-hydrogen) atoms. The molecule has 0 bridgehead atoms. The Balaban J connectivity index is 1.60. The van der Waals surface area contributed by atoms with E-state index in [2.05, 4.69) is 10.6 Å². The average Bonchev–Trinajstić information content (AvgIpc) is 3.11. The number of aryl methyl sites for hydroxylation is 1. The highest BCUT2D eigenvalue weighted by molar-refractivity contribution is 6.04. The second-order valence-corrected chi connectivity index (χ2v) is 6.37. The van der Waals surface area contributed by atoms with E-state index in [1.54, 1.807) is 18.2 Å². The third-order valence-electron chi connectivity index (χ3n) is 4.42. The highest BCUT2D eigenvalue weighted by Gasteiger charge is 2.22. The van der Waals surface area contributed by atoms with Crippen LogP contribution in [0.25, 0.3) is 0 Å². The van der Waals surface area contributed by atoms with Crippen LogP contribution in [0.4, 0.5) is 11.4 Å². The number of amides is 2. The summed E-state index contributed by atoms with van der Waals surface area (Å²) in [7, 11) is 0. The van der Waals surface area contributed by atoms with Crippen molar-refractivity contribution in [2.45, 2.75) is 32.6 Å². The fraction of sp³-hybridized carbons (Fsp3) is 0.300. The number of nitrogens with one attached hydrogen (secondary N) is 2. The van der Waals surface area contributed by atoms with Gasteiger partial charge in [0.2, 0.25) is 5.91 Å². The van der Waals surface area contributed by atoms with Gasteiger partial charge in [-0.3, -0.25) is 9.59 Å². The standard InChI is InChI=1S/C20H22N2O2/c1-14-5-4-8-16(13-14)20(24)22-18-11-9-17(10-12-18)21-19(23)15-6-2-3-7-15/h4-5,8-13,15H,2-3,6-7H2,1H3,(H,21,23)(H,22,24). The summed E-state index contributed by atoms with van der Waals surface area (Å²) in [6.07, 6.45) is 4.25. The monoisotopic (exact) mass is 322 g/mol. The maximum atomic E-state index is 12.2. The minimum Gasteiger partial charge on any atom is -0.326 e. The van der Waals surface area contributed by atoms with Gasteiger partial charge in [-0.1, -0.05) is 30.5 Å². The number of hydrogen-bond acceptors (Lipinski definition) is 2.